The van der Waals surface area contributed by atoms with Crippen molar-refractivity contribution in [3.63, 3.8) is 0 Å². The average Bonchev–Trinajstić information content (AvgIpc) is 3.03. The van der Waals surface area contributed by atoms with Crippen LogP contribution in [0, 0.1) is 0 Å². The lowest BCUT2D eigenvalue weighted by Crippen LogP contribution is -2.14. The minimum atomic E-state index is -0.464. The maximum Gasteiger partial charge on any atom is 0.341 e. The number of carbonyl (C=O) groups excluding carboxylic acids is 2. The van der Waals surface area contributed by atoms with Crippen molar-refractivity contribution in [3.8, 4) is 11.1 Å². The van der Waals surface area contributed by atoms with Gasteiger partial charge in [-0.3, -0.25) is 4.79 Å². The first-order chi connectivity index (χ1) is 11.6. The summed E-state index contributed by atoms with van der Waals surface area (Å²) < 4.78 is 4.91. The number of hydrogen-bond donors (Lipinski definition) is 1. The molecule has 0 spiro atoms. The molecule has 0 atom stereocenters. The average molecular weight is 364 g/mol. The van der Waals surface area contributed by atoms with Crippen molar-refractivity contribution in [1.82, 2.24) is 0 Å². The van der Waals surface area contributed by atoms with Gasteiger partial charge in [0.1, 0.15) is 16.4 Å². The molecule has 0 bridgehead atoms. The van der Waals surface area contributed by atoms with E-state index in [4.69, 9.17) is 16.3 Å². The van der Waals surface area contributed by atoms with Crippen LogP contribution in [0.2, 0.25) is 0 Å². The lowest BCUT2D eigenvalue weighted by atomic mass is 9.89. The molecule has 1 aromatic carbocycles. The lowest BCUT2D eigenvalue weighted by molar-refractivity contribution is -0.113. The molecule has 1 aliphatic carbocycles. The predicted molar refractivity (Wildman–Crippen MR) is 97.1 cm³/mol. The Morgan fingerprint density at radius 3 is 2.71 bits per heavy atom. The molecule has 2 aromatic rings. The number of nitrogens with one attached hydrogen (secondary N) is 1. The van der Waals surface area contributed by atoms with Gasteiger partial charge in [-0.05, 0) is 42.4 Å². The maximum atomic E-state index is 12.2. The monoisotopic (exact) mass is 363 g/mol. The third kappa shape index (κ3) is 3.32. The summed E-state index contributed by atoms with van der Waals surface area (Å²) in [4.78, 5) is 23.8. The third-order valence-electron chi connectivity index (χ3n) is 4.21. The normalized spacial score (nSPS) is 13.2. The molecule has 1 aromatic heterocycles. The van der Waals surface area contributed by atoms with Gasteiger partial charge in [0.05, 0.1) is 7.11 Å². The van der Waals surface area contributed by atoms with E-state index in [9.17, 15) is 9.59 Å². The number of alkyl halides is 1. The largest absolute Gasteiger partial charge is 0.465 e. The Balaban J connectivity index is 2.04. The van der Waals surface area contributed by atoms with Crippen molar-refractivity contribution < 1.29 is 14.3 Å². The van der Waals surface area contributed by atoms with Crippen LogP contribution in [0.4, 0.5) is 5.00 Å². The number of carbonyl (C=O) groups is 2. The fourth-order valence-corrected chi connectivity index (χ4v) is 4.07. The van der Waals surface area contributed by atoms with Crippen LogP contribution in [0.25, 0.3) is 11.1 Å². The molecular weight excluding hydrogens is 346 g/mol. The van der Waals surface area contributed by atoms with E-state index >= 15 is 0 Å². The first-order valence-corrected chi connectivity index (χ1v) is 9.23. The quantitative estimate of drug-likeness (QED) is 0.652. The van der Waals surface area contributed by atoms with Crippen LogP contribution in [-0.2, 0) is 22.4 Å². The minimum absolute atomic E-state index is 0.160. The molecule has 0 radical (unpaired) electrons. The molecule has 0 unspecified atom stereocenters. The first-order valence-electron chi connectivity index (χ1n) is 7.82. The molecule has 1 aliphatic rings. The van der Waals surface area contributed by atoms with Gasteiger partial charge in [0.15, 0.2) is 0 Å². The van der Waals surface area contributed by atoms with Crippen molar-refractivity contribution in [2.24, 2.45) is 0 Å². The van der Waals surface area contributed by atoms with Crippen molar-refractivity contribution in [2.45, 2.75) is 25.7 Å². The Labute approximate surface area is 149 Å². The SMILES string of the molecule is COC(=O)c1c(-c2ccc3c(c2)CCCC3)csc1NC(=O)CCl. The lowest BCUT2D eigenvalue weighted by Gasteiger charge is -2.16. The molecular formula is C18H18ClNO3S. The number of esters is 1. The highest BCUT2D eigenvalue weighted by molar-refractivity contribution is 7.15. The van der Waals surface area contributed by atoms with E-state index in [-0.39, 0.29) is 11.8 Å². The van der Waals surface area contributed by atoms with Gasteiger partial charge in [-0.25, -0.2) is 4.79 Å². The zero-order valence-corrected chi connectivity index (χ0v) is 14.9. The van der Waals surface area contributed by atoms with Crippen LogP contribution in [0.1, 0.15) is 34.3 Å². The van der Waals surface area contributed by atoms with Crippen LogP contribution in [0.5, 0.6) is 0 Å². The highest BCUT2D eigenvalue weighted by Crippen LogP contribution is 2.37. The smallest absolute Gasteiger partial charge is 0.341 e. The van der Waals surface area contributed by atoms with Gasteiger partial charge in [-0.2, -0.15) is 0 Å². The standard InChI is InChI=1S/C18H18ClNO3S/c1-23-18(22)16-14(10-24-17(16)20-15(21)9-19)13-7-6-11-4-2-3-5-12(11)8-13/h6-8,10H,2-5,9H2,1H3,(H,20,21). The number of amides is 1. The van der Waals surface area contributed by atoms with E-state index in [1.165, 1.54) is 42.4 Å². The molecule has 0 saturated heterocycles. The molecule has 0 fully saturated rings. The van der Waals surface area contributed by atoms with Gasteiger partial charge in [0.25, 0.3) is 0 Å². The number of hydrogen-bond acceptors (Lipinski definition) is 4. The number of ether oxygens (including phenoxy) is 1. The van der Waals surface area contributed by atoms with E-state index in [1.807, 2.05) is 11.4 Å². The zero-order chi connectivity index (χ0) is 17.1. The van der Waals surface area contributed by atoms with Gasteiger partial charge in [-0.1, -0.05) is 18.2 Å². The van der Waals surface area contributed by atoms with Crippen molar-refractivity contribution in [3.05, 3.63) is 40.3 Å². The van der Waals surface area contributed by atoms with E-state index in [1.54, 1.807) is 0 Å². The second kappa shape index (κ2) is 7.36. The van der Waals surface area contributed by atoms with Crippen LogP contribution in [0.3, 0.4) is 0 Å². The van der Waals surface area contributed by atoms with Gasteiger partial charge >= 0.3 is 5.97 Å². The fourth-order valence-electron chi connectivity index (χ4n) is 3.03. The summed E-state index contributed by atoms with van der Waals surface area (Å²) in [6.07, 6.45) is 4.60. The molecule has 0 saturated carbocycles. The molecule has 6 heteroatoms. The number of aryl methyl sites for hydroxylation is 2. The Morgan fingerprint density at radius 1 is 1.25 bits per heavy atom. The summed E-state index contributed by atoms with van der Waals surface area (Å²) in [6, 6.07) is 6.32. The van der Waals surface area contributed by atoms with Crippen molar-refractivity contribution in [2.75, 3.05) is 18.3 Å². The minimum Gasteiger partial charge on any atom is -0.465 e. The Morgan fingerprint density at radius 2 is 2.00 bits per heavy atom. The van der Waals surface area contributed by atoms with E-state index in [2.05, 4.69) is 17.4 Å². The number of fused-ring (bicyclic) bond motifs is 1. The Hall–Kier alpha value is -1.85. The summed E-state index contributed by atoms with van der Waals surface area (Å²) >= 11 is 6.85. The second-order valence-electron chi connectivity index (χ2n) is 5.72. The predicted octanol–water partition coefficient (Wildman–Crippen LogP) is 4.26. The van der Waals surface area contributed by atoms with E-state index < -0.39 is 5.97 Å². The van der Waals surface area contributed by atoms with Gasteiger partial charge in [0, 0.05) is 10.9 Å². The second-order valence-corrected chi connectivity index (χ2v) is 6.86. The number of rotatable bonds is 4. The molecule has 1 N–H and O–H groups in total. The van der Waals surface area contributed by atoms with Crippen LogP contribution < -0.4 is 5.32 Å². The van der Waals surface area contributed by atoms with Crippen LogP contribution in [-0.4, -0.2) is 24.9 Å². The van der Waals surface area contributed by atoms with Gasteiger partial charge in [-0.15, -0.1) is 22.9 Å². The molecule has 0 aliphatic heterocycles. The van der Waals surface area contributed by atoms with Crippen LogP contribution in [0.15, 0.2) is 23.6 Å². The first kappa shape index (κ1) is 17.0. The zero-order valence-electron chi connectivity index (χ0n) is 13.4. The fraction of sp³-hybridized carbons (Fsp3) is 0.333. The summed E-state index contributed by atoms with van der Waals surface area (Å²) in [5.41, 5.74) is 4.86. The Kier molecular flexibility index (Phi) is 5.21. The molecule has 24 heavy (non-hydrogen) atoms. The molecule has 1 amide bonds. The Bertz CT molecular complexity index is 785. The summed E-state index contributed by atoms with van der Waals surface area (Å²) in [5, 5.41) is 5.02. The number of thiophene rings is 1. The van der Waals surface area contributed by atoms with E-state index in [0.29, 0.717) is 10.6 Å². The summed E-state index contributed by atoms with van der Waals surface area (Å²) in [6.45, 7) is 0. The number of methoxy groups -OCH3 is 1. The number of halogens is 1. The van der Waals surface area contributed by atoms with Gasteiger partial charge < -0.3 is 10.1 Å². The van der Waals surface area contributed by atoms with Gasteiger partial charge in [0.2, 0.25) is 5.91 Å². The summed E-state index contributed by atoms with van der Waals surface area (Å²) in [7, 11) is 1.34. The molecule has 3 rings (SSSR count). The topological polar surface area (TPSA) is 55.4 Å². The highest BCUT2D eigenvalue weighted by Gasteiger charge is 2.23. The van der Waals surface area contributed by atoms with E-state index in [0.717, 1.165) is 24.0 Å². The third-order valence-corrected chi connectivity index (χ3v) is 5.35. The van der Waals surface area contributed by atoms with Crippen LogP contribution >= 0.6 is 22.9 Å². The number of benzene rings is 1. The maximum absolute atomic E-state index is 12.2. The summed E-state index contributed by atoms with van der Waals surface area (Å²) in [5.74, 6) is -0.971. The number of anilines is 1. The van der Waals surface area contributed by atoms with Crippen molar-refractivity contribution >= 4 is 39.8 Å². The molecule has 126 valence electrons. The molecule has 1 heterocycles. The highest BCUT2D eigenvalue weighted by atomic mass is 35.5. The molecule has 4 nitrogen and oxygen atoms in total. The van der Waals surface area contributed by atoms with Crippen molar-refractivity contribution in [1.29, 1.82) is 0 Å².